The highest BCUT2D eigenvalue weighted by Gasteiger charge is 2.35. The second-order valence-corrected chi connectivity index (χ2v) is 3.28. The molecule has 0 aliphatic heterocycles. The zero-order chi connectivity index (χ0) is 11.9. The summed E-state index contributed by atoms with van der Waals surface area (Å²) in [6.07, 6.45) is -4.46. The normalized spacial score (nSPS) is 12.1. The van der Waals surface area contributed by atoms with Crippen molar-refractivity contribution in [2.75, 3.05) is 0 Å². The second kappa shape index (κ2) is 3.32. The summed E-state index contributed by atoms with van der Waals surface area (Å²) >= 11 is 0. The van der Waals surface area contributed by atoms with Crippen molar-refractivity contribution in [2.45, 2.75) is 13.1 Å². The van der Waals surface area contributed by atoms with E-state index >= 15 is 0 Å². The van der Waals surface area contributed by atoms with E-state index in [1.54, 1.807) is 6.92 Å². The molecule has 2 heterocycles. The van der Waals surface area contributed by atoms with E-state index in [1.807, 2.05) is 0 Å². The Hall–Kier alpha value is -1.86. The average Bonchev–Trinajstić information content (AvgIpc) is 2.70. The number of alkyl halides is 3. The molecule has 2 aromatic heterocycles. The summed E-state index contributed by atoms with van der Waals surface area (Å²) in [6, 6.07) is 0.919. The Kier molecular flexibility index (Phi) is 2.21. The molecular weight excluding hydrogens is 223 g/mol. The monoisotopic (exact) mass is 231 g/mol. The van der Waals surface area contributed by atoms with Gasteiger partial charge in [0.15, 0.2) is 11.5 Å². The number of rotatable bonds is 1. The molecule has 0 spiro atoms. The van der Waals surface area contributed by atoms with Gasteiger partial charge in [-0.05, 0) is 13.0 Å². The maximum absolute atomic E-state index is 12.4. The quantitative estimate of drug-likeness (QED) is 0.809. The Morgan fingerprint density at radius 3 is 2.50 bits per heavy atom. The summed E-state index contributed by atoms with van der Waals surface area (Å²) in [7, 11) is 1.41. The Morgan fingerprint density at radius 2 is 2.06 bits per heavy atom. The molecule has 0 fully saturated rings. The first-order valence-corrected chi connectivity index (χ1v) is 4.38. The fourth-order valence-corrected chi connectivity index (χ4v) is 1.27. The summed E-state index contributed by atoms with van der Waals surface area (Å²) in [4.78, 5) is 3.94. The molecule has 0 atom stereocenters. The molecule has 0 radical (unpaired) electrons. The van der Waals surface area contributed by atoms with Gasteiger partial charge in [0.25, 0.3) is 0 Å². The number of H-pyrrole nitrogens is 1. The molecule has 16 heavy (non-hydrogen) atoms. The van der Waals surface area contributed by atoms with Crippen LogP contribution in [-0.4, -0.2) is 25.0 Å². The third-order valence-corrected chi connectivity index (χ3v) is 2.00. The Bertz CT molecular complexity index is 510. The molecule has 0 amide bonds. The Labute approximate surface area is 88.3 Å². The maximum atomic E-state index is 12.4. The van der Waals surface area contributed by atoms with Gasteiger partial charge >= 0.3 is 6.18 Å². The molecule has 0 unspecified atom stereocenters. The first-order chi connectivity index (χ1) is 7.38. The van der Waals surface area contributed by atoms with Gasteiger partial charge in [-0.25, -0.2) is 4.98 Å². The van der Waals surface area contributed by atoms with E-state index in [4.69, 9.17) is 0 Å². The predicted octanol–water partition coefficient (Wildman–Crippen LogP) is 1.53. The molecule has 86 valence electrons. The van der Waals surface area contributed by atoms with Gasteiger partial charge < -0.3 is 0 Å². The van der Waals surface area contributed by atoms with Crippen molar-refractivity contribution in [1.29, 1.82) is 0 Å². The fraction of sp³-hybridized carbons (Fsp3) is 0.375. The number of nitrogens with zero attached hydrogens (tertiary/aromatic N) is 4. The number of aromatic nitrogens is 5. The standard InChI is InChI=1S/C8H8F3N5/c1-4-12-7(14-13-4)5-3-6(8(9,10)11)15-16(5)2/h3H,1-2H3,(H,12,13,14). The van der Waals surface area contributed by atoms with Crippen LogP contribution in [0.5, 0.6) is 0 Å². The van der Waals surface area contributed by atoms with Crippen LogP contribution in [0.15, 0.2) is 6.07 Å². The van der Waals surface area contributed by atoms with Gasteiger partial charge in [-0.15, -0.1) is 0 Å². The lowest BCUT2D eigenvalue weighted by atomic mass is 10.3. The number of nitrogens with one attached hydrogen (secondary N) is 1. The van der Waals surface area contributed by atoms with Crippen LogP contribution in [0.3, 0.4) is 0 Å². The first kappa shape index (κ1) is 10.7. The van der Waals surface area contributed by atoms with Crippen molar-refractivity contribution < 1.29 is 13.2 Å². The average molecular weight is 231 g/mol. The van der Waals surface area contributed by atoms with Crippen LogP contribution in [0.2, 0.25) is 0 Å². The summed E-state index contributed by atoms with van der Waals surface area (Å²) in [5, 5.41) is 9.70. The zero-order valence-corrected chi connectivity index (χ0v) is 8.50. The van der Waals surface area contributed by atoms with E-state index in [9.17, 15) is 13.2 Å². The highest BCUT2D eigenvalue weighted by Crippen LogP contribution is 2.30. The van der Waals surface area contributed by atoms with Crippen LogP contribution >= 0.6 is 0 Å². The first-order valence-electron chi connectivity index (χ1n) is 4.38. The summed E-state index contributed by atoms with van der Waals surface area (Å²) in [5.74, 6) is 0.729. The van der Waals surface area contributed by atoms with Crippen molar-refractivity contribution in [1.82, 2.24) is 25.0 Å². The van der Waals surface area contributed by atoms with E-state index in [-0.39, 0.29) is 11.5 Å². The van der Waals surface area contributed by atoms with Crippen LogP contribution in [0, 0.1) is 6.92 Å². The van der Waals surface area contributed by atoms with Crippen molar-refractivity contribution in [3.05, 3.63) is 17.6 Å². The van der Waals surface area contributed by atoms with E-state index < -0.39 is 11.9 Å². The molecule has 2 aromatic rings. The fourth-order valence-electron chi connectivity index (χ4n) is 1.27. The lowest BCUT2D eigenvalue weighted by Crippen LogP contribution is -2.06. The molecule has 0 saturated carbocycles. The van der Waals surface area contributed by atoms with Gasteiger partial charge in [0, 0.05) is 7.05 Å². The molecular formula is C8H8F3N5. The highest BCUT2D eigenvalue weighted by molar-refractivity contribution is 5.50. The molecule has 2 rings (SSSR count). The molecule has 0 aliphatic rings. The summed E-state index contributed by atoms with van der Waals surface area (Å²) in [6.45, 7) is 1.66. The van der Waals surface area contributed by atoms with Crippen LogP contribution in [0.1, 0.15) is 11.5 Å². The van der Waals surface area contributed by atoms with Crippen LogP contribution in [0.25, 0.3) is 11.5 Å². The highest BCUT2D eigenvalue weighted by atomic mass is 19.4. The lowest BCUT2D eigenvalue weighted by molar-refractivity contribution is -0.141. The Morgan fingerprint density at radius 1 is 1.38 bits per heavy atom. The SMILES string of the molecule is Cc1nc(-c2cc(C(F)(F)F)nn2C)n[nH]1. The number of hydrogen-bond acceptors (Lipinski definition) is 3. The molecule has 0 bridgehead atoms. The molecule has 0 aliphatic carbocycles. The van der Waals surface area contributed by atoms with Gasteiger partial charge in [0.05, 0.1) is 0 Å². The Balaban J connectivity index is 2.47. The van der Waals surface area contributed by atoms with Gasteiger partial charge in [-0.1, -0.05) is 0 Å². The third kappa shape index (κ3) is 1.77. The minimum absolute atomic E-state index is 0.197. The van der Waals surface area contributed by atoms with E-state index in [0.717, 1.165) is 10.7 Å². The van der Waals surface area contributed by atoms with Crippen molar-refractivity contribution in [3.8, 4) is 11.5 Å². The van der Waals surface area contributed by atoms with E-state index in [2.05, 4.69) is 20.3 Å². The largest absolute Gasteiger partial charge is 0.435 e. The topological polar surface area (TPSA) is 59.4 Å². The summed E-state index contributed by atoms with van der Waals surface area (Å²) < 4.78 is 38.2. The van der Waals surface area contributed by atoms with Gasteiger partial charge in [-0.2, -0.15) is 23.4 Å². The van der Waals surface area contributed by atoms with Crippen LogP contribution in [-0.2, 0) is 13.2 Å². The molecule has 0 saturated heterocycles. The van der Waals surface area contributed by atoms with Crippen molar-refractivity contribution in [2.24, 2.45) is 7.05 Å². The molecule has 0 aromatic carbocycles. The van der Waals surface area contributed by atoms with Gasteiger partial charge in [0.2, 0.25) is 0 Å². The van der Waals surface area contributed by atoms with Crippen molar-refractivity contribution >= 4 is 0 Å². The number of aryl methyl sites for hydroxylation is 2. The maximum Gasteiger partial charge on any atom is 0.435 e. The van der Waals surface area contributed by atoms with E-state index in [0.29, 0.717) is 5.82 Å². The van der Waals surface area contributed by atoms with Gasteiger partial charge in [0.1, 0.15) is 11.5 Å². The molecule has 5 nitrogen and oxygen atoms in total. The minimum atomic E-state index is -4.46. The number of halogens is 3. The van der Waals surface area contributed by atoms with Crippen molar-refractivity contribution in [3.63, 3.8) is 0 Å². The molecule has 1 N–H and O–H groups in total. The van der Waals surface area contributed by atoms with Crippen LogP contribution in [0.4, 0.5) is 13.2 Å². The number of aromatic amines is 1. The second-order valence-electron chi connectivity index (χ2n) is 3.28. The predicted molar refractivity (Wildman–Crippen MR) is 48.3 cm³/mol. The lowest BCUT2D eigenvalue weighted by Gasteiger charge is -1.98. The molecule has 8 heteroatoms. The minimum Gasteiger partial charge on any atom is -0.264 e. The smallest absolute Gasteiger partial charge is 0.264 e. The summed E-state index contributed by atoms with van der Waals surface area (Å²) in [5.41, 5.74) is -0.732. The number of hydrogen-bond donors (Lipinski definition) is 1. The van der Waals surface area contributed by atoms with E-state index in [1.165, 1.54) is 7.05 Å². The van der Waals surface area contributed by atoms with Gasteiger partial charge in [-0.3, -0.25) is 9.78 Å². The van der Waals surface area contributed by atoms with Crippen LogP contribution < -0.4 is 0 Å². The zero-order valence-electron chi connectivity index (χ0n) is 8.50. The third-order valence-electron chi connectivity index (χ3n) is 2.00.